The molecule has 0 fully saturated rings. The lowest BCUT2D eigenvalue weighted by atomic mass is 10.1. The summed E-state index contributed by atoms with van der Waals surface area (Å²) in [5, 5.41) is 9.82. The van der Waals surface area contributed by atoms with E-state index >= 15 is 0 Å². The maximum Gasteiger partial charge on any atom is 0.123 e. The third-order valence-corrected chi connectivity index (χ3v) is 2.14. The van der Waals surface area contributed by atoms with Crippen molar-refractivity contribution in [1.82, 2.24) is 0 Å². The van der Waals surface area contributed by atoms with E-state index in [-0.39, 0.29) is 21.4 Å². The number of hydrogen-bond donors (Lipinski definition) is 2. The summed E-state index contributed by atoms with van der Waals surface area (Å²) in [4.78, 5) is 0. The molecule has 0 bridgehead atoms. The maximum atomic E-state index is 12.2. The molecular weight excluding hydrogens is 216 g/mol. The first kappa shape index (κ1) is 10.6. The van der Waals surface area contributed by atoms with Gasteiger partial charge in [-0.15, -0.1) is 0 Å². The van der Waals surface area contributed by atoms with Gasteiger partial charge in [0.25, 0.3) is 0 Å². The standard InChI is InChI=1S/C8H8Cl2FNO/c9-4-1-5(10)8(6(12)3-11)7(13)2-4/h1-2,6,13H,3,12H2/t6-/m0/s1. The van der Waals surface area contributed by atoms with Gasteiger partial charge >= 0.3 is 0 Å². The van der Waals surface area contributed by atoms with E-state index in [0.29, 0.717) is 0 Å². The molecule has 0 heterocycles. The number of nitrogens with two attached hydrogens (primary N) is 1. The molecule has 72 valence electrons. The summed E-state index contributed by atoms with van der Waals surface area (Å²) in [6, 6.07) is 1.77. The predicted molar refractivity (Wildman–Crippen MR) is 51.0 cm³/mol. The van der Waals surface area contributed by atoms with Gasteiger partial charge < -0.3 is 10.8 Å². The second kappa shape index (κ2) is 4.13. The average Bonchev–Trinajstić information content (AvgIpc) is 2.02. The summed E-state index contributed by atoms with van der Waals surface area (Å²) in [5.74, 6) is -0.178. The first-order chi connectivity index (χ1) is 6.06. The van der Waals surface area contributed by atoms with Crippen molar-refractivity contribution in [2.45, 2.75) is 6.04 Å². The molecule has 0 amide bonds. The molecule has 1 aromatic rings. The van der Waals surface area contributed by atoms with Gasteiger partial charge in [-0.25, -0.2) is 4.39 Å². The fourth-order valence-corrected chi connectivity index (χ4v) is 1.64. The van der Waals surface area contributed by atoms with Crippen LogP contribution < -0.4 is 5.73 Å². The van der Waals surface area contributed by atoms with Crippen molar-refractivity contribution < 1.29 is 9.50 Å². The van der Waals surface area contributed by atoms with Crippen LogP contribution in [0, 0.1) is 0 Å². The molecule has 0 aliphatic carbocycles. The quantitative estimate of drug-likeness (QED) is 0.811. The van der Waals surface area contributed by atoms with E-state index in [1.807, 2.05) is 0 Å². The van der Waals surface area contributed by atoms with Crippen molar-refractivity contribution >= 4 is 23.2 Å². The van der Waals surface area contributed by atoms with E-state index in [9.17, 15) is 9.50 Å². The first-order valence-electron chi connectivity index (χ1n) is 3.55. The zero-order valence-corrected chi connectivity index (χ0v) is 8.11. The van der Waals surface area contributed by atoms with Crippen molar-refractivity contribution in [2.75, 3.05) is 6.67 Å². The highest BCUT2D eigenvalue weighted by molar-refractivity contribution is 6.35. The van der Waals surface area contributed by atoms with Gasteiger partial charge in [0, 0.05) is 10.6 Å². The molecule has 1 aromatic carbocycles. The Morgan fingerprint density at radius 2 is 2.08 bits per heavy atom. The number of phenols is 1. The largest absolute Gasteiger partial charge is 0.507 e. The van der Waals surface area contributed by atoms with Crippen LogP contribution in [-0.4, -0.2) is 11.8 Å². The third kappa shape index (κ3) is 2.24. The van der Waals surface area contributed by atoms with Gasteiger partial charge in [-0.1, -0.05) is 23.2 Å². The Hall–Kier alpha value is -0.510. The molecular formula is C8H8Cl2FNO. The van der Waals surface area contributed by atoms with Crippen molar-refractivity contribution in [1.29, 1.82) is 0 Å². The smallest absolute Gasteiger partial charge is 0.123 e. The number of hydrogen-bond acceptors (Lipinski definition) is 2. The van der Waals surface area contributed by atoms with E-state index in [4.69, 9.17) is 28.9 Å². The molecule has 0 saturated carbocycles. The molecule has 13 heavy (non-hydrogen) atoms. The van der Waals surface area contributed by atoms with E-state index in [2.05, 4.69) is 0 Å². The van der Waals surface area contributed by atoms with Crippen LogP contribution >= 0.6 is 23.2 Å². The highest BCUT2D eigenvalue weighted by Gasteiger charge is 2.15. The van der Waals surface area contributed by atoms with Crippen LogP contribution in [0.1, 0.15) is 11.6 Å². The van der Waals surface area contributed by atoms with Crippen molar-refractivity contribution in [3.63, 3.8) is 0 Å². The number of aromatic hydroxyl groups is 1. The summed E-state index contributed by atoms with van der Waals surface area (Å²) in [6.07, 6.45) is 0. The third-order valence-electron chi connectivity index (χ3n) is 1.61. The molecule has 3 N–H and O–H groups in total. The fourth-order valence-electron chi connectivity index (χ4n) is 1.02. The molecule has 1 rings (SSSR count). The Bertz CT molecular complexity index is 296. The van der Waals surface area contributed by atoms with Crippen LogP contribution in [0.2, 0.25) is 10.0 Å². The highest BCUT2D eigenvalue weighted by atomic mass is 35.5. The minimum atomic E-state index is -0.912. The van der Waals surface area contributed by atoms with Crippen molar-refractivity contribution in [3.8, 4) is 5.75 Å². The highest BCUT2D eigenvalue weighted by Crippen LogP contribution is 2.33. The SMILES string of the molecule is N[C@@H](CF)c1c(O)cc(Cl)cc1Cl. The lowest BCUT2D eigenvalue weighted by Crippen LogP contribution is -2.12. The topological polar surface area (TPSA) is 46.2 Å². The Kier molecular flexibility index (Phi) is 3.36. The van der Waals surface area contributed by atoms with Gasteiger partial charge in [0.15, 0.2) is 0 Å². The lowest BCUT2D eigenvalue weighted by Gasteiger charge is -2.11. The maximum absolute atomic E-state index is 12.2. The second-order valence-electron chi connectivity index (χ2n) is 2.58. The van der Waals surface area contributed by atoms with Crippen LogP contribution in [0.15, 0.2) is 12.1 Å². The summed E-state index contributed by atoms with van der Waals surface area (Å²) >= 11 is 11.3. The van der Waals surface area contributed by atoms with Gasteiger partial charge in [0.1, 0.15) is 12.4 Å². The van der Waals surface area contributed by atoms with Gasteiger partial charge in [0.05, 0.1) is 11.1 Å². The van der Waals surface area contributed by atoms with E-state index in [1.165, 1.54) is 12.1 Å². The summed E-state index contributed by atoms with van der Waals surface area (Å²) in [5.41, 5.74) is 5.57. The van der Waals surface area contributed by atoms with Gasteiger partial charge in [-0.3, -0.25) is 0 Å². The minimum absolute atomic E-state index is 0.176. The number of alkyl halides is 1. The van der Waals surface area contributed by atoms with E-state index in [0.717, 1.165) is 0 Å². The molecule has 0 spiro atoms. The minimum Gasteiger partial charge on any atom is -0.507 e. The fraction of sp³-hybridized carbons (Fsp3) is 0.250. The molecule has 0 aliphatic rings. The predicted octanol–water partition coefficient (Wildman–Crippen LogP) is 2.67. The average molecular weight is 224 g/mol. The van der Waals surface area contributed by atoms with Crippen LogP contribution in [0.4, 0.5) is 4.39 Å². The van der Waals surface area contributed by atoms with Gasteiger partial charge in [-0.2, -0.15) is 0 Å². The second-order valence-corrected chi connectivity index (χ2v) is 3.42. The zero-order valence-electron chi connectivity index (χ0n) is 6.60. The van der Waals surface area contributed by atoms with E-state index < -0.39 is 12.7 Å². The van der Waals surface area contributed by atoms with Gasteiger partial charge in [0.2, 0.25) is 0 Å². The molecule has 0 aliphatic heterocycles. The normalized spacial score (nSPS) is 12.9. The molecule has 1 atom stereocenters. The molecule has 0 unspecified atom stereocenters. The number of benzene rings is 1. The van der Waals surface area contributed by atoms with Crippen molar-refractivity contribution in [3.05, 3.63) is 27.7 Å². The summed E-state index contributed by atoms with van der Waals surface area (Å²) in [7, 11) is 0. The summed E-state index contributed by atoms with van der Waals surface area (Å²) < 4.78 is 12.2. The molecule has 0 aromatic heterocycles. The van der Waals surface area contributed by atoms with Crippen LogP contribution in [0.5, 0.6) is 5.75 Å². The Balaban J connectivity index is 3.20. The molecule has 0 radical (unpaired) electrons. The molecule has 0 saturated heterocycles. The van der Waals surface area contributed by atoms with Crippen LogP contribution in [-0.2, 0) is 0 Å². The number of phenolic OH excluding ortho intramolecular Hbond substituents is 1. The first-order valence-corrected chi connectivity index (χ1v) is 4.31. The lowest BCUT2D eigenvalue weighted by molar-refractivity contribution is 0.414. The van der Waals surface area contributed by atoms with Crippen molar-refractivity contribution in [2.24, 2.45) is 5.73 Å². The van der Waals surface area contributed by atoms with Crippen LogP contribution in [0.3, 0.4) is 0 Å². The monoisotopic (exact) mass is 223 g/mol. The van der Waals surface area contributed by atoms with E-state index in [1.54, 1.807) is 0 Å². The summed E-state index contributed by atoms with van der Waals surface area (Å²) in [6.45, 7) is -0.783. The Morgan fingerprint density at radius 3 is 2.54 bits per heavy atom. The number of halogens is 3. The Labute approximate surface area is 85.1 Å². The Morgan fingerprint density at radius 1 is 1.46 bits per heavy atom. The van der Waals surface area contributed by atoms with Gasteiger partial charge in [-0.05, 0) is 12.1 Å². The molecule has 2 nitrogen and oxygen atoms in total. The number of rotatable bonds is 2. The van der Waals surface area contributed by atoms with Crippen LogP contribution in [0.25, 0.3) is 0 Å². The zero-order chi connectivity index (χ0) is 10.0. The molecule has 5 heteroatoms.